The molecule has 1 N–H and O–H groups in total. The summed E-state index contributed by atoms with van der Waals surface area (Å²) < 4.78 is 25.6. The van der Waals surface area contributed by atoms with Gasteiger partial charge in [0.25, 0.3) is 0 Å². The predicted octanol–water partition coefficient (Wildman–Crippen LogP) is 5.86. The average Bonchev–Trinajstić information content (AvgIpc) is 2.99. The zero-order valence-electron chi connectivity index (χ0n) is 23.4. The minimum absolute atomic E-state index is 0.00697. The third-order valence-electron chi connectivity index (χ3n) is 7.60. The molecule has 1 atom stereocenters. The van der Waals surface area contributed by atoms with Crippen molar-refractivity contribution in [3.63, 3.8) is 0 Å². The lowest BCUT2D eigenvalue weighted by molar-refractivity contribution is -0.141. The second-order valence-electron chi connectivity index (χ2n) is 10.4. The molecular formula is C33H39FN2O4. The SMILES string of the molecule is COc1ccc(CCC(=O)N(Cc2ccccc2F)[C@@H](Cc2ccccc2)C(=O)NC2CCCCC2)cc1OC. The van der Waals surface area contributed by atoms with Crippen LogP contribution in [0.1, 0.15) is 55.2 Å². The summed E-state index contributed by atoms with van der Waals surface area (Å²) in [5.74, 6) is 0.404. The summed E-state index contributed by atoms with van der Waals surface area (Å²) in [5, 5.41) is 3.22. The van der Waals surface area contributed by atoms with Crippen molar-refractivity contribution in [2.45, 2.75) is 70.0 Å². The van der Waals surface area contributed by atoms with Crippen LogP contribution in [-0.4, -0.2) is 43.0 Å². The Morgan fingerprint density at radius 2 is 1.60 bits per heavy atom. The lowest BCUT2D eigenvalue weighted by Crippen LogP contribution is -2.53. The van der Waals surface area contributed by atoms with Gasteiger partial charge < -0.3 is 19.7 Å². The van der Waals surface area contributed by atoms with Gasteiger partial charge in [0.05, 0.1) is 14.2 Å². The van der Waals surface area contributed by atoms with E-state index >= 15 is 0 Å². The molecule has 2 amide bonds. The lowest BCUT2D eigenvalue weighted by atomic mass is 9.94. The molecule has 40 heavy (non-hydrogen) atoms. The van der Waals surface area contributed by atoms with E-state index in [4.69, 9.17) is 9.47 Å². The summed E-state index contributed by atoms with van der Waals surface area (Å²) in [4.78, 5) is 29.3. The maximum absolute atomic E-state index is 14.8. The molecule has 4 rings (SSSR count). The molecule has 0 radical (unpaired) electrons. The average molecular weight is 547 g/mol. The minimum Gasteiger partial charge on any atom is -0.493 e. The number of aryl methyl sites for hydroxylation is 1. The summed E-state index contributed by atoms with van der Waals surface area (Å²) in [6.45, 7) is 0.00697. The molecule has 0 aliphatic heterocycles. The van der Waals surface area contributed by atoms with E-state index in [9.17, 15) is 14.0 Å². The van der Waals surface area contributed by atoms with E-state index in [0.29, 0.717) is 29.9 Å². The van der Waals surface area contributed by atoms with Crippen molar-refractivity contribution in [2.75, 3.05) is 14.2 Å². The first kappa shape index (κ1) is 29.1. The van der Waals surface area contributed by atoms with Gasteiger partial charge in [0.15, 0.2) is 11.5 Å². The fourth-order valence-electron chi connectivity index (χ4n) is 5.34. The Kier molecular flexibility index (Phi) is 10.6. The first-order chi connectivity index (χ1) is 19.5. The highest BCUT2D eigenvalue weighted by Gasteiger charge is 2.32. The van der Waals surface area contributed by atoms with Crippen molar-refractivity contribution in [1.29, 1.82) is 0 Å². The number of nitrogens with zero attached hydrogens (tertiary/aromatic N) is 1. The van der Waals surface area contributed by atoms with Crippen molar-refractivity contribution >= 4 is 11.8 Å². The third-order valence-corrected chi connectivity index (χ3v) is 7.60. The fourth-order valence-corrected chi connectivity index (χ4v) is 5.34. The van der Waals surface area contributed by atoms with Gasteiger partial charge in [-0.15, -0.1) is 0 Å². The number of amides is 2. The molecule has 6 nitrogen and oxygen atoms in total. The number of methoxy groups -OCH3 is 2. The monoisotopic (exact) mass is 546 g/mol. The number of nitrogens with one attached hydrogen (secondary N) is 1. The van der Waals surface area contributed by atoms with E-state index in [2.05, 4.69) is 5.32 Å². The molecule has 212 valence electrons. The number of carbonyl (C=O) groups is 2. The summed E-state index contributed by atoms with van der Waals surface area (Å²) >= 11 is 0. The molecule has 1 fully saturated rings. The molecule has 1 aliphatic rings. The van der Waals surface area contributed by atoms with E-state index in [1.165, 1.54) is 12.5 Å². The van der Waals surface area contributed by atoms with E-state index < -0.39 is 11.9 Å². The number of rotatable bonds is 12. The number of ether oxygens (including phenoxy) is 2. The number of benzene rings is 3. The van der Waals surface area contributed by atoms with Crippen LogP contribution in [0, 0.1) is 5.82 Å². The highest BCUT2D eigenvalue weighted by molar-refractivity contribution is 5.88. The molecule has 0 heterocycles. The zero-order valence-corrected chi connectivity index (χ0v) is 23.4. The molecule has 7 heteroatoms. The van der Waals surface area contributed by atoms with Gasteiger partial charge >= 0.3 is 0 Å². The lowest BCUT2D eigenvalue weighted by Gasteiger charge is -2.33. The molecule has 0 spiro atoms. The van der Waals surface area contributed by atoms with Gasteiger partial charge in [-0.25, -0.2) is 4.39 Å². The van der Waals surface area contributed by atoms with E-state index in [1.54, 1.807) is 37.3 Å². The number of carbonyl (C=O) groups excluding carboxylic acids is 2. The van der Waals surface area contributed by atoms with Crippen LogP contribution in [0.25, 0.3) is 0 Å². The Morgan fingerprint density at radius 3 is 2.30 bits per heavy atom. The first-order valence-corrected chi connectivity index (χ1v) is 14.1. The van der Waals surface area contributed by atoms with Crippen molar-refractivity contribution < 1.29 is 23.5 Å². The molecule has 3 aromatic rings. The Bertz CT molecular complexity index is 1260. The molecule has 0 unspecified atom stereocenters. The van der Waals surface area contributed by atoms with E-state index in [0.717, 1.165) is 36.8 Å². The Hall–Kier alpha value is -3.87. The Labute approximate surface area is 236 Å². The molecule has 1 aliphatic carbocycles. The largest absolute Gasteiger partial charge is 0.493 e. The fraction of sp³-hybridized carbons (Fsp3) is 0.394. The minimum atomic E-state index is -0.776. The van der Waals surface area contributed by atoms with Crippen LogP contribution >= 0.6 is 0 Å². The summed E-state index contributed by atoms with van der Waals surface area (Å²) in [5.41, 5.74) is 2.23. The van der Waals surface area contributed by atoms with Gasteiger partial charge in [-0.1, -0.05) is 73.9 Å². The maximum Gasteiger partial charge on any atom is 0.243 e. The summed E-state index contributed by atoms with van der Waals surface area (Å²) in [7, 11) is 3.15. The highest BCUT2D eigenvalue weighted by atomic mass is 19.1. The van der Waals surface area contributed by atoms with Gasteiger partial charge in [-0.2, -0.15) is 0 Å². The second kappa shape index (κ2) is 14.5. The van der Waals surface area contributed by atoms with Crippen molar-refractivity contribution in [2.24, 2.45) is 0 Å². The third kappa shape index (κ3) is 7.84. The number of hydrogen-bond acceptors (Lipinski definition) is 4. The second-order valence-corrected chi connectivity index (χ2v) is 10.4. The van der Waals surface area contributed by atoms with Gasteiger partial charge in [0, 0.05) is 31.0 Å². The standard InChI is InChI=1S/C33H39FN2O4/c1-39-30-19-17-25(22-31(30)40-2)18-20-32(37)36(23-26-13-9-10-16-28(26)34)29(21-24-11-5-3-6-12-24)33(38)35-27-14-7-4-8-15-27/h3,5-6,9-13,16-17,19,22,27,29H,4,7-8,14-15,18,20-21,23H2,1-2H3,(H,35,38)/t29-/m0/s1. The molecule has 0 aromatic heterocycles. The van der Waals surface area contributed by atoms with Crippen LogP contribution in [0.5, 0.6) is 11.5 Å². The summed E-state index contributed by atoms with van der Waals surface area (Å²) in [6, 6.07) is 21.0. The molecule has 1 saturated carbocycles. The molecule has 3 aromatic carbocycles. The Balaban J connectivity index is 1.61. The van der Waals surface area contributed by atoms with Crippen molar-refractivity contribution in [3.05, 3.63) is 95.3 Å². The smallest absolute Gasteiger partial charge is 0.243 e. The van der Waals surface area contributed by atoms with Crippen LogP contribution in [0.15, 0.2) is 72.8 Å². The summed E-state index contributed by atoms with van der Waals surface area (Å²) in [6.07, 6.45) is 6.15. The quantitative estimate of drug-likeness (QED) is 0.309. The van der Waals surface area contributed by atoms with Crippen LogP contribution in [0.3, 0.4) is 0 Å². The van der Waals surface area contributed by atoms with E-state index in [1.807, 2.05) is 48.5 Å². The first-order valence-electron chi connectivity index (χ1n) is 14.1. The van der Waals surface area contributed by atoms with Crippen molar-refractivity contribution in [1.82, 2.24) is 10.2 Å². The number of halogens is 1. The van der Waals surface area contributed by atoms with E-state index in [-0.39, 0.29) is 30.8 Å². The van der Waals surface area contributed by atoms with Gasteiger partial charge in [0.1, 0.15) is 11.9 Å². The van der Waals surface area contributed by atoms with Crippen LogP contribution in [-0.2, 0) is 29.0 Å². The molecule has 0 bridgehead atoms. The topological polar surface area (TPSA) is 67.9 Å². The molecular weight excluding hydrogens is 507 g/mol. The number of hydrogen-bond donors (Lipinski definition) is 1. The van der Waals surface area contributed by atoms with Crippen LogP contribution < -0.4 is 14.8 Å². The van der Waals surface area contributed by atoms with Gasteiger partial charge in [-0.05, 0) is 48.6 Å². The Morgan fingerprint density at radius 1 is 0.900 bits per heavy atom. The van der Waals surface area contributed by atoms with Crippen LogP contribution in [0.4, 0.5) is 4.39 Å². The van der Waals surface area contributed by atoms with Gasteiger partial charge in [0.2, 0.25) is 11.8 Å². The normalized spacial score (nSPS) is 14.3. The van der Waals surface area contributed by atoms with Crippen molar-refractivity contribution in [3.8, 4) is 11.5 Å². The zero-order chi connectivity index (χ0) is 28.3. The highest BCUT2D eigenvalue weighted by Crippen LogP contribution is 2.28. The van der Waals surface area contributed by atoms with Gasteiger partial charge in [-0.3, -0.25) is 9.59 Å². The van der Waals surface area contributed by atoms with Crippen LogP contribution in [0.2, 0.25) is 0 Å². The maximum atomic E-state index is 14.8. The predicted molar refractivity (Wildman–Crippen MR) is 154 cm³/mol. The molecule has 0 saturated heterocycles.